The van der Waals surface area contributed by atoms with Gasteiger partial charge in [-0.3, -0.25) is 4.99 Å². The van der Waals surface area contributed by atoms with E-state index in [9.17, 15) is 0 Å². The number of hydrogen-bond donors (Lipinski definition) is 1. The van der Waals surface area contributed by atoms with Gasteiger partial charge in [-0.15, -0.1) is 24.0 Å². The summed E-state index contributed by atoms with van der Waals surface area (Å²) in [5.74, 6) is 1.00. The van der Waals surface area contributed by atoms with Gasteiger partial charge in [0.15, 0.2) is 5.96 Å². The molecule has 5 nitrogen and oxygen atoms in total. The van der Waals surface area contributed by atoms with Crippen molar-refractivity contribution < 1.29 is 4.74 Å². The molecule has 1 saturated heterocycles. The van der Waals surface area contributed by atoms with Crippen LogP contribution in [0.4, 0.5) is 0 Å². The topological polar surface area (TPSA) is 40.1 Å². The average molecular weight is 502 g/mol. The number of nitrogens with zero attached hydrogens (tertiary/aromatic N) is 3. The molecule has 1 atom stereocenters. The van der Waals surface area contributed by atoms with Crippen LogP contribution >= 0.6 is 24.0 Å². The lowest BCUT2D eigenvalue weighted by molar-refractivity contribution is -0.00830. The molecule has 28 heavy (non-hydrogen) atoms. The predicted molar refractivity (Wildman–Crippen MR) is 130 cm³/mol. The van der Waals surface area contributed by atoms with Gasteiger partial charge in [-0.05, 0) is 51.5 Å². The highest BCUT2D eigenvalue weighted by atomic mass is 127. The number of halogens is 1. The summed E-state index contributed by atoms with van der Waals surface area (Å²) in [5, 5.41) is 3.55. The number of aryl methyl sites for hydroxylation is 1. The van der Waals surface area contributed by atoms with E-state index < -0.39 is 0 Å². The highest BCUT2D eigenvalue weighted by Gasteiger charge is 2.24. The van der Waals surface area contributed by atoms with Crippen molar-refractivity contribution in [2.45, 2.75) is 45.1 Å². The number of benzene rings is 1. The van der Waals surface area contributed by atoms with Gasteiger partial charge in [0.1, 0.15) is 6.10 Å². The third-order valence-corrected chi connectivity index (χ3v) is 5.18. The molecule has 1 aliphatic rings. The standard InChI is InChI=1S/C22H38N4O.HI/c1-19-12-8-9-13-20(19)21-18-26(16-17-27-21)22(23-2)24-14-10-6-5-7-11-15-25(3)4;/h8-9,12-13,21H,5-7,10-11,14-18H2,1-4H3,(H,23,24);1H. The summed E-state index contributed by atoms with van der Waals surface area (Å²) >= 11 is 0. The lowest BCUT2D eigenvalue weighted by atomic mass is 10.0. The average Bonchev–Trinajstić information content (AvgIpc) is 2.67. The normalized spacial score (nSPS) is 17.5. The maximum absolute atomic E-state index is 6.04. The van der Waals surface area contributed by atoms with E-state index in [0.29, 0.717) is 0 Å². The van der Waals surface area contributed by atoms with E-state index in [1.165, 1.54) is 49.8 Å². The molecule has 1 N–H and O–H groups in total. The molecule has 2 rings (SSSR count). The summed E-state index contributed by atoms with van der Waals surface area (Å²) in [7, 11) is 6.16. The van der Waals surface area contributed by atoms with Crippen LogP contribution in [0.1, 0.15) is 49.3 Å². The largest absolute Gasteiger partial charge is 0.370 e. The lowest BCUT2D eigenvalue weighted by Crippen LogP contribution is -2.48. The molecule has 0 aromatic heterocycles. The van der Waals surface area contributed by atoms with Crippen LogP contribution in [0.2, 0.25) is 0 Å². The number of ether oxygens (including phenoxy) is 1. The summed E-state index contributed by atoms with van der Waals surface area (Å²) in [5.41, 5.74) is 2.58. The molecule has 1 unspecified atom stereocenters. The second-order valence-corrected chi connectivity index (χ2v) is 7.71. The molecule has 1 heterocycles. The van der Waals surface area contributed by atoms with E-state index in [2.05, 4.69) is 65.4 Å². The maximum atomic E-state index is 6.04. The Morgan fingerprint density at radius 3 is 2.61 bits per heavy atom. The third kappa shape index (κ3) is 8.66. The molecule has 0 spiro atoms. The molecule has 1 fully saturated rings. The van der Waals surface area contributed by atoms with E-state index in [-0.39, 0.29) is 30.1 Å². The molecule has 160 valence electrons. The Morgan fingerprint density at radius 2 is 1.89 bits per heavy atom. The van der Waals surface area contributed by atoms with Crippen molar-refractivity contribution in [1.82, 2.24) is 15.1 Å². The fraction of sp³-hybridized carbons (Fsp3) is 0.682. The minimum atomic E-state index is 0. The Hall–Kier alpha value is -0.860. The Morgan fingerprint density at radius 1 is 1.18 bits per heavy atom. The van der Waals surface area contributed by atoms with Crippen molar-refractivity contribution in [1.29, 1.82) is 0 Å². The number of nitrogens with one attached hydrogen (secondary N) is 1. The summed E-state index contributed by atoms with van der Waals surface area (Å²) in [6.07, 6.45) is 6.56. The van der Waals surface area contributed by atoms with Crippen molar-refractivity contribution in [3.05, 3.63) is 35.4 Å². The molecule has 0 amide bonds. The van der Waals surface area contributed by atoms with E-state index in [1.807, 2.05) is 7.05 Å². The molecule has 0 bridgehead atoms. The van der Waals surface area contributed by atoms with Gasteiger partial charge in [-0.25, -0.2) is 0 Å². The van der Waals surface area contributed by atoms with Crippen LogP contribution in [0.5, 0.6) is 0 Å². The molecule has 0 saturated carbocycles. The Kier molecular flexibility index (Phi) is 12.7. The second-order valence-electron chi connectivity index (χ2n) is 7.71. The predicted octanol–water partition coefficient (Wildman–Crippen LogP) is 4.07. The summed E-state index contributed by atoms with van der Waals surface area (Å²) < 4.78 is 6.04. The lowest BCUT2D eigenvalue weighted by Gasteiger charge is -2.35. The van der Waals surface area contributed by atoms with Crippen LogP contribution < -0.4 is 5.32 Å². The first-order valence-electron chi connectivity index (χ1n) is 10.4. The fourth-order valence-electron chi connectivity index (χ4n) is 3.59. The molecule has 0 radical (unpaired) electrons. The molecule has 0 aliphatic carbocycles. The highest BCUT2D eigenvalue weighted by Crippen LogP contribution is 2.24. The smallest absolute Gasteiger partial charge is 0.193 e. The Bertz CT molecular complexity index is 579. The fourth-order valence-corrected chi connectivity index (χ4v) is 3.59. The molecular formula is C22H39IN4O. The third-order valence-electron chi connectivity index (χ3n) is 5.18. The maximum Gasteiger partial charge on any atom is 0.193 e. The summed E-state index contributed by atoms with van der Waals surface area (Å²) in [4.78, 5) is 9.09. The van der Waals surface area contributed by atoms with Crippen LogP contribution in [-0.4, -0.2) is 69.7 Å². The van der Waals surface area contributed by atoms with Gasteiger partial charge in [-0.1, -0.05) is 43.5 Å². The zero-order valence-electron chi connectivity index (χ0n) is 18.1. The molecule has 1 aromatic rings. The van der Waals surface area contributed by atoms with Gasteiger partial charge in [0.2, 0.25) is 0 Å². The summed E-state index contributed by atoms with van der Waals surface area (Å²) in [6.45, 7) is 6.84. The molecule has 1 aliphatic heterocycles. The number of morpholine rings is 1. The van der Waals surface area contributed by atoms with Crippen molar-refractivity contribution in [3.63, 3.8) is 0 Å². The number of guanidine groups is 1. The van der Waals surface area contributed by atoms with Gasteiger partial charge < -0.3 is 19.9 Å². The van der Waals surface area contributed by atoms with Crippen LogP contribution in [0.25, 0.3) is 0 Å². The van der Waals surface area contributed by atoms with Gasteiger partial charge in [-0.2, -0.15) is 0 Å². The van der Waals surface area contributed by atoms with Crippen molar-refractivity contribution in [2.75, 3.05) is 53.9 Å². The van der Waals surface area contributed by atoms with Gasteiger partial charge in [0.25, 0.3) is 0 Å². The monoisotopic (exact) mass is 502 g/mol. The van der Waals surface area contributed by atoms with Crippen molar-refractivity contribution in [3.8, 4) is 0 Å². The van der Waals surface area contributed by atoms with E-state index in [0.717, 1.165) is 32.2 Å². The first-order chi connectivity index (χ1) is 13.1. The molecule has 6 heteroatoms. The van der Waals surface area contributed by atoms with Crippen LogP contribution in [0, 0.1) is 6.92 Å². The van der Waals surface area contributed by atoms with Gasteiger partial charge in [0.05, 0.1) is 13.2 Å². The Balaban J connectivity index is 0.00000392. The van der Waals surface area contributed by atoms with E-state index in [1.54, 1.807) is 0 Å². The van der Waals surface area contributed by atoms with Crippen molar-refractivity contribution >= 4 is 29.9 Å². The summed E-state index contributed by atoms with van der Waals surface area (Å²) in [6, 6.07) is 8.51. The minimum absolute atomic E-state index is 0. The van der Waals surface area contributed by atoms with Crippen LogP contribution in [0.3, 0.4) is 0 Å². The van der Waals surface area contributed by atoms with E-state index >= 15 is 0 Å². The zero-order chi connectivity index (χ0) is 19.5. The molecular weight excluding hydrogens is 463 g/mol. The van der Waals surface area contributed by atoms with Crippen LogP contribution in [-0.2, 0) is 4.74 Å². The number of hydrogen-bond acceptors (Lipinski definition) is 3. The van der Waals surface area contributed by atoms with E-state index in [4.69, 9.17) is 4.74 Å². The first kappa shape index (κ1) is 25.2. The highest BCUT2D eigenvalue weighted by molar-refractivity contribution is 14.0. The zero-order valence-corrected chi connectivity index (χ0v) is 20.4. The molecule has 1 aromatic carbocycles. The first-order valence-corrected chi connectivity index (χ1v) is 10.4. The van der Waals surface area contributed by atoms with Gasteiger partial charge in [0, 0.05) is 20.1 Å². The second kappa shape index (κ2) is 14.2. The van der Waals surface area contributed by atoms with Gasteiger partial charge >= 0.3 is 0 Å². The van der Waals surface area contributed by atoms with Crippen LogP contribution in [0.15, 0.2) is 29.3 Å². The quantitative estimate of drug-likeness (QED) is 0.239. The SMILES string of the molecule is CN=C(NCCCCCCCN(C)C)N1CCOC(c2ccccc2C)C1.I. The minimum Gasteiger partial charge on any atom is -0.370 e. The number of unbranched alkanes of at least 4 members (excludes halogenated alkanes) is 4. The van der Waals surface area contributed by atoms with Crippen molar-refractivity contribution in [2.24, 2.45) is 4.99 Å². The number of rotatable bonds is 9. The number of aliphatic imine (C=N–C) groups is 1. The Labute approximate surface area is 188 Å².